The van der Waals surface area contributed by atoms with Crippen LogP contribution >= 0.6 is 0 Å². The Morgan fingerprint density at radius 1 is 1.46 bits per heavy atom. The number of methoxy groups -OCH3 is 1. The van der Waals surface area contributed by atoms with Gasteiger partial charge in [-0.1, -0.05) is 0 Å². The lowest BCUT2D eigenvalue weighted by molar-refractivity contribution is 0.397. The Kier molecular flexibility index (Phi) is 2.37. The van der Waals surface area contributed by atoms with E-state index in [9.17, 15) is 8.42 Å². The van der Waals surface area contributed by atoms with Crippen molar-refractivity contribution < 1.29 is 13.2 Å². The van der Waals surface area contributed by atoms with Crippen molar-refractivity contribution in [3.63, 3.8) is 0 Å². The summed E-state index contributed by atoms with van der Waals surface area (Å²) in [7, 11) is -2.07. The maximum atomic E-state index is 11.1. The minimum Gasteiger partial charge on any atom is -0.479 e. The van der Waals surface area contributed by atoms with Crippen LogP contribution in [0.5, 0.6) is 5.88 Å². The molecule has 0 aromatic carbocycles. The van der Waals surface area contributed by atoms with Gasteiger partial charge in [0.1, 0.15) is 12.0 Å². The average molecular weight is 203 g/mol. The minimum absolute atomic E-state index is 0.0625. The number of nitrogens with two attached hydrogens (primary N) is 1. The normalized spacial score (nSPS) is 11.2. The molecule has 0 radical (unpaired) electrons. The van der Waals surface area contributed by atoms with Gasteiger partial charge in [-0.15, -0.1) is 0 Å². The molecule has 0 bridgehead atoms. The standard InChI is InChI=1S/C6H9N3O3S/c1-12-5-4(7)6(9-3-8-5)13(2,10)11/h3H,7H2,1-2H3. The van der Waals surface area contributed by atoms with E-state index in [1.54, 1.807) is 0 Å². The maximum absolute atomic E-state index is 11.1. The molecule has 0 amide bonds. The summed E-state index contributed by atoms with van der Waals surface area (Å²) in [5.74, 6) is 0.0652. The van der Waals surface area contributed by atoms with Crippen molar-refractivity contribution in [2.45, 2.75) is 5.03 Å². The van der Waals surface area contributed by atoms with Gasteiger partial charge in [0.05, 0.1) is 7.11 Å². The van der Waals surface area contributed by atoms with Crippen molar-refractivity contribution in [3.05, 3.63) is 6.33 Å². The van der Waals surface area contributed by atoms with Gasteiger partial charge in [0.15, 0.2) is 14.9 Å². The van der Waals surface area contributed by atoms with Crippen LogP contribution in [0.15, 0.2) is 11.4 Å². The Morgan fingerprint density at radius 2 is 2.08 bits per heavy atom. The Balaban J connectivity index is 3.41. The first-order valence-electron chi connectivity index (χ1n) is 3.31. The zero-order valence-corrected chi connectivity index (χ0v) is 8.00. The highest BCUT2D eigenvalue weighted by Crippen LogP contribution is 2.22. The molecule has 0 saturated carbocycles. The molecule has 0 unspecified atom stereocenters. The smallest absolute Gasteiger partial charge is 0.241 e. The summed E-state index contributed by atoms with van der Waals surface area (Å²) in [6, 6.07) is 0. The lowest BCUT2D eigenvalue weighted by atomic mass is 10.5. The number of nitrogen functional groups attached to an aromatic ring is 1. The van der Waals surface area contributed by atoms with Gasteiger partial charge < -0.3 is 10.5 Å². The number of rotatable bonds is 2. The van der Waals surface area contributed by atoms with E-state index < -0.39 is 9.84 Å². The first-order valence-corrected chi connectivity index (χ1v) is 5.20. The summed E-state index contributed by atoms with van der Waals surface area (Å²) in [6.07, 6.45) is 2.11. The van der Waals surface area contributed by atoms with Crippen molar-refractivity contribution in [1.82, 2.24) is 9.97 Å². The predicted molar refractivity (Wildman–Crippen MR) is 46.1 cm³/mol. The first kappa shape index (κ1) is 9.72. The molecule has 0 atom stereocenters. The number of sulfone groups is 1. The third kappa shape index (κ3) is 1.86. The molecular formula is C6H9N3O3S. The van der Waals surface area contributed by atoms with E-state index in [0.29, 0.717) is 0 Å². The van der Waals surface area contributed by atoms with E-state index in [0.717, 1.165) is 12.6 Å². The number of ether oxygens (including phenoxy) is 1. The van der Waals surface area contributed by atoms with Crippen LogP contribution in [0.4, 0.5) is 5.69 Å². The molecule has 1 heterocycles. The highest BCUT2D eigenvalue weighted by atomic mass is 32.2. The quantitative estimate of drug-likeness (QED) is 0.649. The molecule has 7 heteroatoms. The van der Waals surface area contributed by atoms with Gasteiger partial charge in [-0.3, -0.25) is 0 Å². The topological polar surface area (TPSA) is 95.2 Å². The molecular weight excluding hydrogens is 194 g/mol. The van der Waals surface area contributed by atoms with Gasteiger partial charge in [0.25, 0.3) is 0 Å². The molecule has 1 rings (SSSR count). The lowest BCUT2D eigenvalue weighted by Crippen LogP contribution is -2.07. The fraction of sp³-hybridized carbons (Fsp3) is 0.333. The van der Waals surface area contributed by atoms with E-state index in [2.05, 4.69) is 9.97 Å². The minimum atomic E-state index is -3.42. The van der Waals surface area contributed by atoms with Gasteiger partial charge in [0.2, 0.25) is 5.88 Å². The Morgan fingerprint density at radius 3 is 2.54 bits per heavy atom. The molecule has 6 nitrogen and oxygen atoms in total. The highest BCUT2D eigenvalue weighted by molar-refractivity contribution is 7.90. The largest absolute Gasteiger partial charge is 0.479 e. The average Bonchev–Trinajstić information content (AvgIpc) is 2.02. The molecule has 0 aliphatic rings. The number of nitrogens with zero attached hydrogens (tertiary/aromatic N) is 2. The van der Waals surface area contributed by atoms with Crippen molar-refractivity contribution in [3.8, 4) is 5.88 Å². The monoisotopic (exact) mass is 203 g/mol. The summed E-state index contributed by atoms with van der Waals surface area (Å²) in [6.45, 7) is 0. The summed E-state index contributed by atoms with van der Waals surface area (Å²) in [5.41, 5.74) is 5.39. The predicted octanol–water partition coefficient (Wildman–Crippen LogP) is -0.529. The first-order chi connectivity index (χ1) is 5.96. The van der Waals surface area contributed by atoms with Crippen molar-refractivity contribution in [1.29, 1.82) is 0 Å². The molecule has 72 valence electrons. The number of hydrogen-bond acceptors (Lipinski definition) is 6. The van der Waals surface area contributed by atoms with Crippen LogP contribution in [0.25, 0.3) is 0 Å². The highest BCUT2D eigenvalue weighted by Gasteiger charge is 2.17. The molecule has 2 N–H and O–H groups in total. The number of aromatic nitrogens is 2. The SMILES string of the molecule is COc1ncnc(S(C)(=O)=O)c1N. The maximum Gasteiger partial charge on any atom is 0.241 e. The van der Waals surface area contributed by atoms with E-state index in [1.807, 2.05) is 0 Å². The van der Waals surface area contributed by atoms with Crippen LogP contribution in [0.3, 0.4) is 0 Å². The van der Waals surface area contributed by atoms with Crippen molar-refractivity contribution >= 4 is 15.5 Å². The Labute approximate surface area is 75.7 Å². The van der Waals surface area contributed by atoms with Crippen LogP contribution in [0, 0.1) is 0 Å². The zero-order valence-electron chi connectivity index (χ0n) is 7.18. The van der Waals surface area contributed by atoms with Gasteiger partial charge in [0, 0.05) is 6.26 Å². The molecule has 0 aliphatic carbocycles. The van der Waals surface area contributed by atoms with E-state index in [-0.39, 0.29) is 16.6 Å². The molecule has 0 saturated heterocycles. The van der Waals surface area contributed by atoms with Crippen molar-refractivity contribution in [2.24, 2.45) is 0 Å². The third-order valence-corrected chi connectivity index (χ3v) is 2.38. The molecule has 1 aromatic heterocycles. The van der Waals surface area contributed by atoms with Crippen LogP contribution < -0.4 is 10.5 Å². The van der Waals surface area contributed by atoms with Gasteiger partial charge in [-0.2, -0.15) is 4.98 Å². The molecule has 1 aromatic rings. The number of hydrogen-bond donors (Lipinski definition) is 1. The number of anilines is 1. The zero-order chi connectivity index (χ0) is 10.1. The lowest BCUT2D eigenvalue weighted by Gasteiger charge is -2.05. The van der Waals surface area contributed by atoms with Crippen LogP contribution in [-0.4, -0.2) is 31.8 Å². The van der Waals surface area contributed by atoms with Crippen molar-refractivity contribution in [2.75, 3.05) is 19.1 Å². The van der Waals surface area contributed by atoms with Gasteiger partial charge >= 0.3 is 0 Å². The van der Waals surface area contributed by atoms with E-state index in [1.165, 1.54) is 7.11 Å². The third-order valence-electron chi connectivity index (χ3n) is 1.36. The van der Waals surface area contributed by atoms with E-state index in [4.69, 9.17) is 10.5 Å². The Hall–Kier alpha value is -1.37. The Bertz CT molecular complexity index is 415. The second kappa shape index (κ2) is 3.17. The van der Waals surface area contributed by atoms with Crippen LogP contribution in [0.2, 0.25) is 0 Å². The fourth-order valence-electron chi connectivity index (χ4n) is 0.822. The second-order valence-corrected chi connectivity index (χ2v) is 4.30. The molecule has 13 heavy (non-hydrogen) atoms. The summed E-state index contributed by atoms with van der Waals surface area (Å²) in [4.78, 5) is 7.20. The molecule has 0 fully saturated rings. The molecule has 0 spiro atoms. The summed E-state index contributed by atoms with van der Waals surface area (Å²) >= 11 is 0. The summed E-state index contributed by atoms with van der Waals surface area (Å²) < 4.78 is 26.9. The second-order valence-electron chi connectivity index (χ2n) is 2.37. The van der Waals surface area contributed by atoms with Gasteiger partial charge in [-0.05, 0) is 0 Å². The van der Waals surface area contributed by atoms with Crippen LogP contribution in [-0.2, 0) is 9.84 Å². The van der Waals surface area contributed by atoms with Crippen LogP contribution in [0.1, 0.15) is 0 Å². The molecule has 0 aliphatic heterocycles. The van der Waals surface area contributed by atoms with Gasteiger partial charge in [-0.25, -0.2) is 13.4 Å². The van der Waals surface area contributed by atoms with E-state index >= 15 is 0 Å². The fourth-order valence-corrected chi connectivity index (χ4v) is 1.55. The summed E-state index contributed by atoms with van der Waals surface area (Å²) in [5, 5.41) is -0.209.